The first-order valence-electron chi connectivity index (χ1n) is 23.0. The summed E-state index contributed by atoms with van der Waals surface area (Å²) in [5.74, 6) is -7.36. The van der Waals surface area contributed by atoms with Gasteiger partial charge in [0, 0.05) is 72.9 Å². The number of carboxylic acid groups (broad SMARTS) is 5. The van der Waals surface area contributed by atoms with Crippen LogP contribution in [0.3, 0.4) is 0 Å². The number of hydrogen-bond acceptors (Lipinski definition) is 22. The second-order valence-corrected chi connectivity index (χ2v) is 16.9. The van der Waals surface area contributed by atoms with Crippen molar-refractivity contribution in [2.24, 2.45) is 0 Å². The number of furan rings is 2. The van der Waals surface area contributed by atoms with E-state index in [-0.39, 0.29) is 74.3 Å². The van der Waals surface area contributed by atoms with Crippen LogP contribution in [0, 0.1) is 20.2 Å². The van der Waals surface area contributed by atoms with Gasteiger partial charge in [0.2, 0.25) is 0 Å². The van der Waals surface area contributed by atoms with Gasteiger partial charge in [0.05, 0.1) is 90.4 Å². The first-order valence-corrected chi connectivity index (χ1v) is 23.0. The van der Waals surface area contributed by atoms with Gasteiger partial charge in [-0.25, -0.2) is 0 Å². The summed E-state index contributed by atoms with van der Waals surface area (Å²) >= 11 is 0. The van der Waals surface area contributed by atoms with E-state index in [9.17, 15) is 69.4 Å². The first kappa shape index (κ1) is 57.0. The fourth-order valence-corrected chi connectivity index (χ4v) is 8.56. The Morgan fingerprint density at radius 3 is 1.50 bits per heavy atom. The monoisotopic (exact) mass is 1030 g/mol. The molecule has 0 spiro atoms. The molecule has 0 saturated heterocycles. The van der Waals surface area contributed by atoms with Gasteiger partial charge in [-0.3, -0.25) is 49.4 Å². The molecule has 25 heteroatoms. The number of likely N-dealkylation sites (N-methyl/N-ethyl adjacent to an activating group) is 1. The highest BCUT2D eigenvalue weighted by molar-refractivity contribution is 6.06. The number of nitro benzene ring substituents is 2. The van der Waals surface area contributed by atoms with Crippen molar-refractivity contribution in [2.45, 2.75) is 32.9 Å². The molecule has 25 nitrogen and oxygen atoms in total. The Bertz CT molecular complexity index is 2960. The zero-order valence-corrected chi connectivity index (χ0v) is 40.5. The molecule has 2 heterocycles. The average molecular weight is 1030 g/mol. The Hall–Kier alpha value is -7.94. The fraction of sp³-hybridized carbons (Fsp3) is 0.388. The molecule has 0 radical (unpaired) electrons. The second kappa shape index (κ2) is 26.7. The molecule has 1 N–H and O–H groups in total. The number of ether oxygens (including phenoxy) is 2. The molecule has 0 bridgehead atoms. The Morgan fingerprint density at radius 1 is 0.581 bits per heavy atom. The number of hydrogen-bond donors (Lipinski definition) is 1. The van der Waals surface area contributed by atoms with Crippen molar-refractivity contribution < 1.29 is 82.5 Å². The Balaban J connectivity index is 0.000000284. The minimum absolute atomic E-state index is 0.0303. The number of rotatable bonds is 30. The molecule has 0 fully saturated rings. The number of aliphatic carboxylic acids is 5. The van der Waals surface area contributed by atoms with Crippen molar-refractivity contribution in [3.8, 4) is 0 Å². The van der Waals surface area contributed by atoms with Crippen LogP contribution < -0.4 is 20.4 Å². The number of fused-ring (bicyclic) bond motifs is 6. The number of ketones is 1. The third-order valence-electron chi connectivity index (χ3n) is 11.6. The van der Waals surface area contributed by atoms with E-state index in [1.54, 1.807) is 48.5 Å². The molecule has 6 rings (SSSR count). The molecule has 0 amide bonds. The lowest BCUT2D eigenvalue weighted by molar-refractivity contribution is -0.386. The zero-order valence-electron chi connectivity index (χ0n) is 40.5. The van der Waals surface area contributed by atoms with Crippen LogP contribution in [0.4, 0.5) is 11.4 Å². The molecule has 0 aliphatic heterocycles. The van der Waals surface area contributed by atoms with Gasteiger partial charge in [0.1, 0.15) is 34.2 Å². The normalized spacial score (nSPS) is 12.4. The van der Waals surface area contributed by atoms with Gasteiger partial charge in [-0.2, -0.15) is 0 Å². The van der Waals surface area contributed by atoms with E-state index in [0.29, 0.717) is 51.6 Å². The van der Waals surface area contributed by atoms with Gasteiger partial charge in [0.25, 0.3) is 11.4 Å². The molecule has 2 aromatic heterocycles. The van der Waals surface area contributed by atoms with Crippen LogP contribution in [0.2, 0.25) is 0 Å². The SMILES string of the molecule is CC(=O)CN(CC(=O)[O-])CC(OCCOCCN(CC(=O)[O-])CC(=O)O)c1cc2c(cc1[N+](=O)[O-])oc1ccccc12.CCN(CC)C(CN(CC(=O)[O-])CC(=O)[O-])c1cc2c(cc1[N+](=O)[O-])oc1ccccc12. The molecule has 396 valence electrons. The lowest BCUT2D eigenvalue weighted by Crippen LogP contribution is -2.47. The van der Waals surface area contributed by atoms with E-state index in [0.717, 1.165) is 15.2 Å². The summed E-state index contributed by atoms with van der Waals surface area (Å²) in [7, 11) is 0. The predicted molar refractivity (Wildman–Crippen MR) is 254 cm³/mol. The molecule has 0 saturated carbocycles. The molecule has 2 unspecified atom stereocenters. The van der Waals surface area contributed by atoms with Gasteiger partial charge in [-0.15, -0.1) is 0 Å². The smallest absolute Gasteiger partial charge is 0.317 e. The standard InChI is InChI=1S/C27H31N3O12.C22H25N3O7/c1-17(31)12-29(16-27(36)37)13-24(41-9-8-40-7-6-28(14-25(32)33)15-26(34)35)20-10-19-18-4-2-3-5-22(18)42-23(19)11-21(20)30(38)39;1-3-24(4-2)18(11-23(12-21(26)27)13-22(28)29)16-9-15-14-7-5-6-8-19(14)32-20(15)10-17(16)25(30)31/h2-5,10-11,24H,6-9,12-16H2,1H3,(H,32,33)(H,34,35)(H,36,37);5-10,18H,3-4,11-13H2,1-2H3,(H,26,27)(H,28,29)/p-4. The van der Waals surface area contributed by atoms with Crippen LogP contribution in [0.15, 0.2) is 81.6 Å². The van der Waals surface area contributed by atoms with Crippen LogP contribution in [-0.2, 0) is 38.2 Å². The summed E-state index contributed by atoms with van der Waals surface area (Å²) < 4.78 is 22.9. The minimum Gasteiger partial charge on any atom is -0.549 e. The lowest BCUT2D eigenvalue weighted by Gasteiger charge is -2.34. The van der Waals surface area contributed by atoms with E-state index < -0.39 is 84.6 Å². The second-order valence-electron chi connectivity index (χ2n) is 16.9. The molecular weight excluding hydrogens is 977 g/mol. The predicted octanol–water partition coefficient (Wildman–Crippen LogP) is 0.0248. The van der Waals surface area contributed by atoms with Crippen molar-refractivity contribution in [1.29, 1.82) is 0 Å². The van der Waals surface area contributed by atoms with Crippen molar-refractivity contribution in [3.05, 3.63) is 104 Å². The van der Waals surface area contributed by atoms with Crippen LogP contribution >= 0.6 is 0 Å². The number of nitrogens with zero attached hydrogens (tertiary/aromatic N) is 6. The topological polar surface area (TPSA) is 359 Å². The van der Waals surface area contributed by atoms with Gasteiger partial charge in [-0.1, -0.05) is 50.2 Å². The largest absolute Gasteiger partial charge is 0.549 e. The Morgan fingerprint density at radius 2 is 1.04 bits per heavy atom. The van der Waals surface area contributed by atoms with Crippen molar-refractivity contribution in [3.63, 3.8) is 0 Å². The van der Waals surface area contributed by atoms with Gasteiger partial charge >= 0.3 is 5.97 Å². The van der Waals surface area contributed by atoms with E-state index in [1.807, 2.05) is 30.9 Å². The maximum absolute atomic E-state index is 12.1. The van der Waals surface area contributed by atoms with Gasteiger partial charge in [0.15, 0.2) is 0 Å². The van der Waals surface area contributed by atoms with E-state index >= 15 is 0 Å². The summed E-state index contributed by atoms with van der Waals surface area (Å²) in [6, 6.07) is 19.5. The number of benzene rings is 4. The molecule has 0 aliphatic rings. The molecule has 4 aromatic carbocycles. The summed E-state index contributed by atoms with van der Waals surface area (Å²) in [6.07, 6.45) is -1.09. The molecule has 74 heavy (non-hydrogen) atoms. The third kappa shape index (κ3) is 15.8. The summed E-state index contributed by atoms with van der Waals surface area (Å²) in [4.78, 5) is 95.6. The average Bonchev–Trinajstić information content (AvgIpc) is 3.87. The number of para-hydroxylation sites is 2. The highest BCUT2D eigenvalue weighted by Gasteiger charge is 2.31. The quantitative estimate of drug-likeness (QED) is 0.0353. The van der Waals surface area contributed by atoms with Crippen molar-refractivity contribution in [2.75, 3.05) is 91.8 Å². The van der Waals surface area contributed by atoms with Crippen molar-refractivity contribution in [1.82, 2.24) is 19.6 Å². The fourth-order valence-electron chi connectivity index (χ4n) is 8.56. The first-order chi connectivity index (χ1) is 35.2. The minimum atomic E-state index is -1.45. The molecule has 0 aliphatic carbocycles. The summed E-state index contributed by atoms with van der Waals surface area (Å²) in [6.45, 7) is 2.13. The molecule has 6 aromatic rings. The zero-order chi connectivity index (χ0) is 54.2. The number of carboxylic acids is 5. The highest BCUT2D eigenvalue weighted by Crippen LogP contribution is 2.39. The van der Waals surface area contributed by atoms with Gasteiger partial charge in [-0.05, 0) is 44.3 Å². The van der Waals surface area contributed by atoms with Crippen LogP contribution in [0.1, 0.15) is 44.0 Å². The van der Waals surface area contributed by atoms with Crippen LogP contribution in [0.25, 0.3) is 43.9 Å². The molecular formula is C49H52N6O19-4. The Kier molecular flexibility index (Phi) is 20.5. The number of nitro groups is 2. The van der Waals surface area contributed by atoms with Gasteiger partial charge < -0.3 is 63.0 Å². The maximum Gasteiger partial charge on any atom is 0.317 e. The van der Waals surface area contributed by atoms with E-state index in [4.69, 9.17) is 23.4 Å². The van der Waals surface area contributed by atoms with Crippen LogP contribution in [0.5, 0.6) is 0 Å². The van der Waals surface area contributed by atoms with Crippen molar-refractivity contribution >= 4 is 90.9 Å². The summed E-state index contributed by atoms with van der Waals surface area (Å²) in [5, 5.41) is 80.3. The number of carbonyl (C=O) groups is 6. The molecule has 2 atom stereocenters. The maximum atomic E-state index is 12.1. The lowest BCUT2D eigenvalue weighted by atomic mass is 9.99. The number of carbonyl (C=O) groups excluding carboxylic acids is 5. The van der Waals surface area contributed by atoms with Crippen LogP contribution in [-0.4, -0.2) is 162 Å². The Labute approximate surface area is 420 Å². The third-order valence-corrected chi connectivity index (χ3v) is 11.6. The highest BCUT2D eigenvalue weighted by atomic mass is 16.6. The number of Topliss-reactive ketones (excluding diaryl/α,β-unsaturated/α-hetero) is 1. The van der Waals surface area contributed by atoms with E-state index in [1.165, 1.54) is 24.0 Å². The summed E-state index contributed by atoms with van der Waals surface area (Å²) in [5.41, 5.74) is 1.67. The van der Waals surface area contributed by atoms with E-state index in [2.05, 4.69) is 0 Å².